The summed E-state index contributed by atoms with van der Waals surface area (Å²) in [5, 5.41) is 31.2. The van der Waals surface area contributed by atoms with Gasteiger partial charge >= 0.3 is 5.69 Å². The second-order valence-electron chi connectivity index (χ2n) is 22.2. The van der Waals surface area contributed by atoms with Crippen molar-refractivity contribution in [2.75, 3.05) is 45.1 Å². The lowest BCUT2D eigenvalue weighted by Crippen LogP contribution is -2.13. The van der Waals surface area contributed by atoms with Gasteiger partial charge in [0.15, 0.2) is 79.8 Å². The molecular formula is C66H72N11O14+. The molecule has 25 nitrogen and oxygen atoms in total. The molecule has 474 valence electrons. The number of nitrogen functional groups attached to an aromatic ring is 1. The number of anilines is 2. The summed E-state index contributed by atoms with van der Waals surface area (Å²) in [7, 11) is 0. The van der Waals surface area contributed by atoms with E-state index in [-0.39, 0.29) is 39.2 Å². The van der Waals surface area contributed by atoms with E-state index in [0.29, 0.717) is 72.8 Å². The van der Waals surface area contributed by atoms with E-state index in [9.17, 15) is 14.4 Å². The van der Waals surface area contributed by atoms with Crippen LogP contribution in [0.5, 0.6) is 57.5 Å². The van der Waals surface area contributed by atoms with Crippen LogP contribution in [0.3, 0.4) is 0 Å². The number of nitrogens with zero attached hydrogens (tertiary/aromatic N) is 4. The van der Waals surface area contributed by atoms with Gasteiger partial charge in [0.1, 0.15) is 11.4 Å². The zero-order valence-corrected chi connectivity index (χ0v) is 50.3. The number of aromatic nitrogens is 4. The fourth-order valence-corrected chi connectivity index (χ4v) is 11.7. The van der Waals surface area contributed by atoms with E-state index >= 15 is 0 Å². The van der Waals surface area contributed by atoms with Gasteiger partial charge in [-0.25, -0.2) is 11.1 Å². The lowest BCUT2D eigenvalue weighted by Gasteiger charge is -2.04. The molecule has 4 aliphatic carbocycles. The first-order valence-corrected chi connectivity index (χ1v) is 30.3. The van der Waals surface area contributed by atoms with Crippen molar-refractivity contribution in [2.45, 2.75) is 116 Å². The molecule has 0 saturated heterocycles. The molecule has 3 aromatic heterocycles. The number of diazo groups is 1. The van der Waals surface area contributed by atoms with Crippen molar-refractivity contribution in [3.05, 3.63) is 124 Å². The standard InChI is InChI=1S/C16H15N3O2.C14H16N2O3.C14H13NO3.C8H12O2.C7H5N2O2.C7H7NO2.H2N2.H2/c1-8-9-3-2-4-10-11-5-13-14(21-7-20-13)6-12(11)17-15(10)16(9)19-18-8;17-12-5-3-1-2-4-11(12)16-15-10-6-7-13-14(8-10)19-9-18-13;16-11-4-2-1-3-8-9-5-12-13(18-7-17-12)6-10(9)15-14(8)11;9-6-7-4-2-1-3-5-8(7)10;8-9-5-1-2-6-7(3-5)11-4-10-6;8-5-1-2-6-7(3-5)10-4-9-6;1-2;/h5-6,17H,2-4,7H2,1H3,(H,18,19);6-8,15H,1-5,9H2;5-6,15H,1-4,7H2;6,9H,1-5H2;1-3H,4H2;1-3H,4,8H2;1-2H;1H/q;;;;+1;;;/b;16-11+;;7-6-;;;;. The summed E-state index contributed by atoms with van der Waals surface area (Å²) in [5.74, 6) is 7.97. The zero-order valence-electron chi connectivity index (χ0n) is 50.3. The number of Topliss-reactive ketones (excluding diaryl/α,β-unsaturated/α-hetero) is 3. The van der Waals surface area contributed by atoms with Gasteiger partial charge < -0.3 is 68.2 Å². The highest BCUT2D eigenvalue weighted by Gasteiger charge is 2.27. The third kappa shape index (κ3) is 14.4. The van der Waals surface area contributed by atoms with Crippen molar-refractivity contribution < 1.29 is 68.3 Å². The molecule has 0 amide bonds. The predicted molar refractivity (Wildman–Crippen MR) is 337 cm³/mol. The van der Waals surface area contributed by atoms with Gasteiger partial charge in [-0.1, -0.05) is 12.8 Å². The van der Waals surface area contributed by atoms with Crippen LogP contribution in [0.4, 0.5) is 17.1 Å². The van der Waals surface area contributed by atoms with Crippen LogP contribution in [0.25, 0.3) is 38.2 Å². The molecule has 2 saturated carbocycles. The average Bonchev–Trinajstić information content (AvgIpc) is 1.63. The Labute approximate surface area is 523 Å². The third-order valence-electron chi connectivity index (χ3n) is 16.4. The fraction of sp³-hybridized carbons (Fsp3) is 0.348. The fourth-order valence-electron chi connectivity index (χ4n) is 11.7. The highest BCUT2D eigenvalue weighted by molar-refractivity contribution is 6.40. The summed E-state index contributed by atoms with van der Waals surface area (Å²) in [4.78, 5) is 44.7. The van der Waals surface area contributed by atoms with Crippen LogP contribution in [0.15, 0.2) is 95.8 Å². The van der Waals surface area contributed by atoms with Crippen LogP contribution in [0.1, 0.15) is 124 Å². The Hall–Kier alpha value is -10.8. The Morgan fingerprint density at radius 2 is 1.01 bits per heavy atom. The number of aromatic amines is 3. The lowest BCUT2D eigenvalue weighted by molar-refractivity contribution is -0.115. The van der Waals surface area contributed by atoms with E-state index in [1.807, 2.05) is 36.4 Å². The Balaban J connectivity index is 0.000000123. The first-order valence-electron chi connectivity index (χ1n) is 30.3. The van der Waals surface area contributed by atoms with Crippen LogP contribution < -0.4 is 58.5 Å². The smallest absolute Gasteiger partial charge is 0.389 e. The number of aliphatic hydroxyl groups is 1. The second-order valence-corrected chi connectivity index (χ2v) is 22.2. The van der Waals surface area contributed by atoms with Gasteiger partial charge in [-0.05, 0) is 138 Å². The van der Waals surface area contributed by atoms with Gasteiger partial charge in [0.05, 0.1) is 40.4 Å². The van der Waals surface area contributed by atoms with E-state index in [4.69, 9.17) is 74.7 Å². The van der Waals surface area contributed by atoms with Crippen molar-refractivity contribution >= 4 is 61.9 Å². The van der Waals surface area contributed by atoms with E-state index in [0.717, 1.165) is 181 Å². The number of aryl methyl sites for hydroxylation is 3. The Morgan fingerprint density at radius 1 is 0.538 bits per heavy atom. The minimum atomic E-state index is 0. The molecule has 2 fully saturated rings. The van der Waals surface area contributed by atoms with E-state index in [1.165, 1.54) is 22.2 Å². The normalized spacial score (nSPS) is 17.3. The number of ketones is 3. The molecule has 0 bridgehead atoms. The molecule has 91 heavy (non-hydrogen) atoms. The molecular weight excluding hydrogens is 1170 g/mol. The molecule has 5 aromatic carbocycles. The van der Waals surface area contributed by atoms with E-state index in [1.54, 1.807) is 36.4 Å². The van der Waals surface area contributed by atoms with Gasteiger partial charge in [-0.15, -0.1) is 0 Å². The third-order valence-corrected chi connectivity index (χ3v) is 16.4. The number of hydrogen-bond donors (Lipinski definition) is 8. The number of ether oxygens (including phenoxy) is 10. The van der Waals surface area contributed by atoms with Crippen LogP contribution in [0.2, 0.25) is 0 Å². The molecule has 0 unspecified atom stereocenters. The molecule has 0 spiro atoms. The first-order chi connectivity index (χ1) is 44.6. The zero-order chi connectivity index (χ0) is 63.2. The van der Waals surface area contributed by atoms with Gasteiger partial charge in [0.25, 0.3) is 0 Å². The molecule has 5 aliphatic heterocycles. The van der Waals surface area contributed by atoms with Gasteiger partial charge in [-0.3, -0.25) is 24.9 Å². The van der Waals surface area contributed by atoms with Gasteiger partial charge in [-0.2, -0.15) is 10.2 Å². The molecule has 0 radical (unpaired) electrons. The Morgan fingerprint density at radius 3 is 1.65 bits per heavy atom. The predicted octanol–water partition coefficient (Wildman–Crippen LogP) is 14.3. The van der Waals surface area contributed by atoms with Crippen molar-refractivity contribution in [1.29, 1.82) is 16.5 Å². The van der Waals surface area contributed by atoms with Crippen molar-refractivity contribution in [3.8, 4) is 68.9 Å². The summed E-state index contributed by atoms with van der Waals surface area (Å²) < 4.78 is 52.5. The largest absolute Gasteiger partial charge is 0.515 e. The molecule has 0 atom stereocenters. The van der Waals surface area contributed by atoms with Crippen molar-refractivity contribution in [3.63, 3.8) is 0 Å². The Kier molecular flexibility index (Phi) is 19.7. The number of aliphatic hydroxyl groups excluding tert-OH is 1. The number of carbonyl (C=O) groups is 3. The second kappa shape index (κ2) is 29.0. The summed E-state index contributed by atoms with van der Waals surface area (Å²) in [6, 6.07) is 23.9. The molecule has 25 heteroatoms. The summed E-state index contributed by atoms with van der Waals surface area (Å²) in [5.41, 5.74) is 31.7. The molecule has 8 heterocycles. The molecule has 17 rings (SSSR count). The number of benzene rings is 5. The lowest BCUT2D eigenvalue weighted by atomic mass is 10.1. The average molecular weight is 1240 g/mol. The minimum Gasteiger partial charge on any atom is -0.515 e. The number of fused-ring (bicyclic) bond motifs is 13. The maximum atomic E-state index is 12.0. The number of hydrazone groups is 1. The topological polar surface area (TPSA) is 350 Å². The number of carbonyl (C=O) groups excluding carboxylic acids is 3. The number of rotatable bonds is 2. The van der Waals surface area contributed by atoms with Crippen LogP contribution >= 0.6 is 0 Å². The summed E-state index contributed by atoms with van der Waals surface area (Å²) >= 11 is 0. The van der Waals surface area contributed by atoms with Crippen molar-refractivity contribution in [1.82, 2.24) is 20.2 Å². The Bertz CT molecular complexity index is 4110. The molecule has 9 aliphatic rings. The SMILES string of the molecule is Cc1[nH]nc2c1CCCc1c-2[nH]c2cc3c(cc12)OCO3.N#[N+]c1ccc2c(c1)OCO2.N=N.Nc1ccc2c(c1)OCO2.O=C1CCCCC/C1=C/O.O=C1CCCCC/C1=N\Nc1ccc2c(c1)OCO2.O=C1CCCCc2c1[nH]c1cc3c(cc21)OCO3.[HH]. The van der Waals surface area contributed by atoms with Crippen LogP contribution in [-0.2, 0) is 28.9 Å². The van der Waals surface area contributed by atoms with Crippen LogP contribution in [0, 0.1) is 23.4 Å². The molecule has 9 N–H and O–H groups in total. The summed E-state index contributed by atoms with van der Waals surface area (Å²) in [6.07, 6.45) is 16.9. The number of nitrogens with two attached hydrogens (primary N) is 1. The molecule has 8 aromatic rings. The number of hydrogen-bond acceptors (Lipinski definition) is 21. The summed E-state index contributed by atoms with van der Waals surface area (Å²) in [6.45, 7) is 3.49. The van der Waals surface area contributed by atoms with Gasteiger partial charge in [0, 0.05) is 84.3 Å². The minimum absolute atomic E-state index is 0. The number of H-pyrrole nitrogens is 3. The number of allylic oxidation sites excluding steroid dienone is 1. The monoisotopic (exact) mass is 1240 g/mol. The highest BCUT2D eigenvalue weighted by atomic mass is 16.7. The van der Waals surface area contributed by atoms with Gasteiger partial charge in [0.2, 0.25) is 39.4 Å². The van der Waals surface area contributed by atoms with Crippen molar-refractivity contribution in [2.24, 2.45) is 5.10 Å². The van der Waals surface area contributed by atoms with Crippen LogP contribution in [-0.4, -0.2) is 82.3 Å². The quantitative estimate of drug-likeness (QED) is 0.0116. The highest BCUT2D eigenvalue weighted by Crippen LogP contribution is 2.44. The first kappa shape index (κ1) is 61.9. The van der Waals surface area contributed by atoms with E-state index in [2.05, 4.69) is 48.7 Å². The maximum Gasteiger partial charge on any atom is 0.389 e. The van der Waals surface area contributed by atoms with E-state index < -0.39 is 0 Å². The number of nitrogens with one attached hydrogen (secondary N) is 6. The maximum absolute atomic E-state index is 12.0.